The Morgan fingerprint density at radius 2 is 2.00 bits per heavy atom. The van der Waals surface area contributed by atoms with Crippen LogP contribution in [0.1, 0.15) is 36.0 Å². The zero-order valence-electron chi connectivity index (χ0n) is 13.4. The molecule has 0 unspecified atom stereocenters. The van der Waals surface area contributed by atoms with Gasteiger partial charge < -0.3 is 9.64 Å². The number of hydrogen-bond donors (Lipinski definition) is 0. The molecule has 24 heavy (non-hydrogen) atoms. The van der Waals surface area contributed by atoms with E-state index in [0.717, 1.165) is 18.2 Å². The lowest BCUT2D eigenvalue weighted by molar-refractivity contribution is -0.144. The topological polar surface area (TPSA) is 63.7 Å². The van der Waals surface area contributed by atoms with Gasteiger partial charge in [-0.05, 0) is 31.0 Å². The number of likely N-dealkylation sites (tertiary alicyclic amines) is 1. The minimum atomic E-state index is -0.768. The normalized spacial score (nSPS) is 17.5. The van der Waals surface area contributed by atoms with Gasteiger partial charge in [0.15, 0.2) is 5.78 Å². The number of Topliss-reactive ketones (excluding diaryl/α,β-unsaturated/α-hetero) is 1. The van der Waals surface area contributed by atoms with Crippen molar-refractivity contribution in [3.05, 3.63) is 35.4 Å². The van der Waals surface area contributed by atoms with Crippen LogP contribution in [0.2, 0.25) is 0 Å². The molecule has 1 heterocycles. The highest BCUT2D eigenvalue weighted by atomic mass is 19.1. The second kappa shape index (κ2) is 7.99. The van der Waals surface area contributed by atoms with Crippen molar-refractivity contribution in [3.63, 3.8) is 0 Å². The molecule has 1 amide bonds. The summed E-state index contributed by atoms with van der Waals surface area (Å²) in [5.41, 5.74) is -0.288. The van der Waals surface area contributed by atoms with Gasteiger partial charge in [-0.1, -0.05) is 0 Å². The summed E-state index contributed by atoms with van der Waals surface area (Å²) in [6.07, 6.45) is 1.08. The van der Waals surface area contributed by atoms with Crippen molar-refractivity contribution in [3.8, 4) is 0 Å². The average molecular weight is 339 g/mol. The van der Waals surface area contributed by atoms with Crippen LogP contribution in [0.15, 0.2) is 18.2 Å². The number of ether oxygens (including phenoxy) is 1. The van der Waals surface area contributed by atoms with E-state index in [1.807, 2.05) is 0 Å². The third-order valence-electron chi connectivity index (χ3n) is 4.11. The van der Waals surface area contributed by atoms with Gasteiger partial charge in [-0.25, -0.2) is 8.78 Å². The molecule has 1 atom stereocenters. The van der Waals surface area contributed by atoms with E-state index in [-0.39, 0.29) is 30.9 Å². The first-order chi connectivity index (χ1) is 11.4. The number of amides is 1. The third-order valence-corrected chi connectivity index (χ3v) is 4.11. The molecular weight excluding hydrogens is 320 g/mol. The SMILES string of the molecule is COC(=O)CCC(=O)N1CCC[C@@H](C(=O)c2cc(F)ccc2F)C1. The first kappa shape index (κ1) is 18.0. The number of piperidine rings is 1. The molecule has 7 heteroatoms. The van der Waals surface area contributed by atoms with Crippen LogP contribution in [0, 0.1) is 17.6 Å². The molecule has 0 saturated carbocycles. The van der Waals surface area contributed by atoms with Crippen molar-refractivity contribution in [2.24, 2.45) is 5.92 Å². The average Bonchev–Trinajstić information content (AvgIpc) is 2.60. The second-order valence-corrected chi connectivity index (χ2v) is 5.74. The van der Waals surface area contributed by atoms with Crippen LogP contribution in [-0.2, 0) is 14.3 Å². The number of carbonyl (C=O) groups excluding carboxylic acids is 3. The fourth-order valence-corrected chi connectivity index (χ4v) is 2.79. The number of hydrogen-bond acceptors (Lipinski definition) is 4. The first-order valence-corrected chi connectivity index (χ1v) is 7.76. The van der Waals surface area contributed by atoms with E-state index in [4.69, 9.17) is 0 Å². The number of halogens is 2. The Balaban J connectivity index is 2.02. The summed E-state index contributed by atoms with van der Waals surface area (Å²) in [5.74, 6) is -3.25. The summed E-state index contributed by atoms with van der Waals surface area (Å²) in [5, 5.41) is 0. The summed E-state index contributed by atoms with van der Waals surface area (Å²) in [6, 6.07) is 2.76. The predicted molar refractivity (Wildman–Crippen MR) is 81.2 cm³/mol. The van der Waals surface area contributed by atoms with Crippen LogP contribution in [0.5, 0.6) is 0 Å². The number of methoxy groups -OCH3 is 1. The van der Waals surface area contributed by atoms with Crippen molar-refractivity contribution in [1.82, 2.24) is 4.90 Å². The van der Waals surface area contributed by atoms with Gasteiger partial charge in [0.1, 0.15) is 11.6 Å². The predicted octanol–water partition coefficient (Wildman–Crippen LogP) is 2.34. The minimum Gasteiger partial charge on any atom is -0.469 e. The fourth-order valence-electron chi connectivity index (χ4n) is 2.79. The lowest BCUT2D eigenvalue weighted by atomic mass is 9.89. The highest BCUT2D eigenvalue weighted by Gasteiger charge is 2.30. The van der Waals surface area contributed by atoms with Gasteiger partial charge in [0.25, 0.3) is 0 Å². The van der Waals surface area contributed by atoms with Gasteiger partial charge in [0.2, 0.25) is 5.91 Å². The second-order valence-electron chi connectivity index (χ2n) is 5.74. The van der Waals surface area contributed by atoms with Crippen LogP contribution in [0.4, 0.5) is 8.78 Å². The maximum Gasteiger partial charge on any atom is 0.306 e. The van der Waals surface area contributed by atoms with Gasteiger partial charge in [0.05, 0.1) is 19.1 Å². The summed E-state index contributed by atoms with van der Waals surface area (Å²) in [6.45, 7) is 0.629. The lowest BCUT2D eigenvalue weighted by Gasteiger charge is -2.32. The molecule has 1 saturated heterocycles. The quantitative estimate of drug-likeness (QED) is 0.610. The van der Waals surface area contributed by atoms with Crippen molar-refractivity contribution in [1.29, 1.82) is 0 Å². The van der Waals surface area contributed by atoms with Crippen molar-refractivity contribution >= 4 is 17.7 Å². The van der Waals surface area contributed by atoms with Crippen LogP contribution < -0.4 is 0 Å². The molecule has 0 aromatic heterocycles. The Morgan fingerprint density at radius 1 is 1.25 bits per heavy atom. The van der Waals surface area contributed by atoms with E-state index in [9.17, 15) is 23.2 Å². The molecule has 0 bridgehead atoms. The largest absolute Gasteiger partial charge is 0.469 e. The van der Waals surface area contributed by atoms with Crippen molar-refractivity contribution < 1.29 is 27.9 Å². The number of rotatable bonds is 5. The van der Waals surface area contributed by atoms with E-state index in [1.165, 1.54) is 12.0 Å². The van der Waals surface area contributed by atoms with E-state index in [0.29, 0.717) is 19.4 Å². The zero-order chi connectivity index (χ0) is 17.7. The molecular formula is C17H19F2NO4. The summed E-state index contributed by atoms with van der Waals surface area (Å²) in [7, 11) is 1.25. The summed E-state index contributed by atoms with van der Waals surface area (Å²) < 4.78 is 31.5. The van der Waals surface area contributed by atoms with E-state index in [2.05, 4.69) is 4.74 Å². The highest BCUT2D eigenvalue weighted by molar-refractivity contribution is 5.98. The molecule has 1 aliphatic heterocycles. The molecule has 1 fully saturated rings. The molecule has 0 spiro atoms. The minimum absolute atomic E-state index is 0.00189. The molecule has 0 radical (unpaired) electrons. The maximum atomic E-state index is 13.8. The lowest BCUT2D eigenvalue weighted by Crippen LogP contribution is -2.42. The fraction of sp³-hybridized carbons (Fsp3) is 0.471. The molecule has 130 valence electrons. The monoisotopic (exact) mass is 339 g/mol. The standard InChI is InChI=1S/C17H19F2NO4/c1-24-16(22)7-6-15(21)20-8-2-3-11(10-20)17(23)13-9-12(18)4-5-14(13)19/h4-5,9,11H,2-3,6-8,10H2,1H3/t11-/m1/s1. The van der Waals surface area contributed by atoms with E-state index >= 15 is 0 Å². The third kappa shape index (κ3) is 4.37. The number of ketones is 1. The molecule has 5 nitrogen and oxygen atoms in total. The van der Waals surface area contributed by atoms with Crippen LogP contribution in [0.3, 0.4) is 0 Å². The molecule has 0 aliphatic carbocycles. The Kier molecular flexibility index (Phi) is 6.00. The first-order valence-electron chi connectivity index (χ1n) is 7.76. The summed E-state index contributed by atoms with van der Waals surface area (Å²) in [4.78, 5) is 37.1. The molecule has 1 aromatic rings. The Bertz CT molecular complexity index is 647. The van der Waals surface area contributed by atoms with Crippen molar-refractivity contribution in [2.45, 2.75) is 25.7 Å². The molecule has 1 aromatic carbocycles. The van der Waals surface area contributed by atoms with E-state index in [1.54, 1.807) is 0 Å². The maximum absolute atomic E-state index is 13.8. The summed E-state index contributed by atoms with van der Waals surface area (Å²) >= 11 is 0. The Labute approximate surface area is 138 Å². The Hall–Kier alpha value is -2.31. The van der Waals surface area contributed by atoms with Crippen LogP contribution in [0.25, 0.3) is 0 Å². The Morgan fingerprint density at radius 3 is 2.71 bits per heavy atom. The number of esters is 1. The zero-order valence-corrected chi connectivity index (χ0v) is 13.4. The highest BCUT2D eigenvalue weighted by Crippen LogP contribution is 2.23. The van der Waals surface area contributed by atoms with Crippen LogP contribution >= 0.6 is 0 Å². The molecule has 1 aliphatic rings. The number of carbonyl (C=O) groups is 3. The van der Waals surface area contributed by atoms with Gasteiger partial charge in [0, 0.05) is 25.4 Å². The van der Waals surface area contributed by atoms with Crippen molar-refractivity contribution in [2.75, 3.05) is 20.2 Å². The molecule has 2 rings (SSSR count). The van der Waals surface area contributed by atoms with Gasteiger partial charge in [-0.2, -0.15) is 0 Å². The van der Waals surface area contributed by atoms with Gasteiger partial charge >= 0.3 is 5.97 Å². The smallest absolute Gasteiger partial charge is 0.306 e. The van der Waals surface area contributed by atoms with Crippen LogP contribution in [-0.4, -0.2) is 42.8 Å². The van der Waals surface area contributed by atoms with E-state index < -0.39 is 29.3 Å². The molecule has 0 N–H and O–H groups in total. The van der Waals surface area contributed by atoms with Gasteiger partial charge in [-0.15, -0.1) is 0 Å². The number of benzene rings is 1. The van der Waals surface area contributed by atoms with Gasteiger partial charge in [-0.3, -0.25) is 14.4 Å². The number of nitrogens with zero attached hydrogens (tertiary/aromatic N) is 1.